The first-order valence-corrected chi connectivity index (χ1v) is 7.10. The van der Waals surface area contributed by atoms with Crippen molar-refractivity contribution >= 4 is 0 Å². The van der Waals surface area contributed by atoms with Gasteiger partial charge in [-0.25, -0.2) is 0 Å². The Morgan fingerprint density at radius 3 is 2.44 bits per heavy atom. The maximum Gasteiger partial charge on any atom is 0.0217 e. The van der Waals surface area contributed by atoms with Gasteiger partial charge in [0.2, 0.25) is 0 Å². The molecular formula is C14H30N2. The zero-order chi connectivity index (χ0) is 12.0. The molecule has 0 bridgehead atoms. The Hall–Kier alpha value is -0.0800. The van der Waals surface area contributed by atoms with Crippen LogP contribution in [0.2, 0.25) is 0 Å². The number of nitrogens with zero attached hydrogens (tertiary/aromatic N) is 1. The topological polar surface area (TPSA) is 15.3 Å². The van der Waals surface area contributed by atoms with E-state index < -0.39 is 0 Å². The van der Waals surface area contributed by atoms with E-state index in [-0.39, 0.29) is 0 Å². The Morgan fingerprint density at radius 1 is 1.31 bits per heavy atom. The van der Waals surface area contributed by atoms with Crippen LogP contribution in [0.3, 0.4) is 0 Å². The molecule has 96 valence electrons. The Balaban J connectivity index is 2.36. The molecule has 0 radical (unpaired) electrons. The number of rotatable bonds is 9. The van der Waals surface area contributed by atoms with Crippen molar-refractivity contribution in [1.82, 2.24) is 10.2 Å². The van der Waals surface area contributed by atoms with E-state index in [1.807, 2.05) is 0 Å². The maximum absolute atomic E-state index is 3.49. The standard InChI is InChI=1S/C14H30N2/c1-5-9-16(10-13-7-8-13)11-14(15-4)12(3)6-2/h12-15H,5-11H2,1-4H3. The molecule has 1 aliphatic carbocycles. The summed E-state index contributed by atoms with van der Waals surface area (Å²) in [4.78, 5) is 2.67. The van der Waals surface area contributed by atoms with Crippen molar-refractivity contribution < 1.29 is 0 Å². The summed E-state index contributed by atoms with van der Waals surface area (Å²) >= 11 is 0. The molecule has 16 heavy (non-hydrogen) atoms. The van der Waals surface area contributed by atoms with Crippen LogP contribution in [0.25, 0.3) is 0 Å². The molecule has 0 aromatic carbocycles. The summed E-state index contributed by atoms with van der Waals surface area (Å²) in [7, 11) is 2.11. The normalized spacial score (nSPS) is 20.1. The largest absolute Gasteiger partial charge is 0.315 e. The minimum Gasteiger partial charge on any atom is -0.315 e. The third-order valence-electron chi connectivity index (χ3n) is 3.91. The first kappa shape index (κ1) is 14.0. The third-order valence-corrected chi connectivity index (χ3v) is 3.91. The Morgan fingerprint density at radius 2 is 2.00 bits per heavy atom. The van der Waals surface area contributed by atoms with Crippen molar-refractivity contribution in [3.05, 3.63) is 0 Å². The van der Waals surface area contributed by atoms with Gasteiger partial charge < -0.3 is 10.2 Å². The van der Waals surface area contributed by atoms with Gasteiger partial charge in [-0.05, 0) is 44.7 Å². The monoisotopic (exact) mass is 226 g/mol. The predicted molar refractivity (Wildman–Crippen MR) is 71.8 cm³/mol. The van der Waals surface area contributed by atoms with Crippen LogP contribution < -0.4 is 5.32 Å². The van der Waals surface area contributed by atoms with Crippen molar-refractivity contribution in [2.45, 2.75) is 52.5 Å². The first-order chi connectivity index (χ1) is 7.71. The zero-order valence-corrected chi connectivity index (χ0v) is 11.6. The van der Waals surface area contributed by atoms with Crippen LogP contribution in [0, 0.1) is 11.8 Å². The van der Waals surface area contributed by atoms with Crippen molar-refractivity contribution in [3.63, 3.8) is 0 Å². The fourth-order valence-corrected chi connectivity index (χ4v) is 2.36. The smallest absolute Gasteiger partial charge is 0.0217 e. The lowest BCUT2D eigenvalue weighted by atomic mass is 9.98. The van der Waals surface area contributed by atoms with Gasteiger partial charge in [0.05, 0.1) is 0 Å². The fraction of sp³-hybridized carbons (Fsp3) is 1.00. The molecule has 0 amide bonds. The summed E-state index contributed by atoms with van der Waals surface area (Å²) in [6, 6.07) is 0.662. The van der Waals surface area contributed by atoms with Gasteiger partial charge in [-0.2, -0.15) is 0 Å². The van der Waals surface area contributed by atoms with Crippen molar-refractivity contribution in [3.8, 4) is 0 Å². The maximum atomic E-state index is 3.49. The molecule has 2 unspecified atom stereocenters. The number of nitrogens with one attached hydrogen (secondary N) is 1. The molecule has 1 fully saturated rings. The lowest BCUT2D eigenvalue weighted by Gasteiger charge is -2.30. The highest BCUT2D eigenvalue weighted by Gasteiger charge is 2.25. The molecule has 0 aliphatic heterocycles. The van der Waals surface area contributed by atoms with E-state index in [0.29, 0.717) is 6.04 Å². The summed E-state index contributed by atoms with van der Waals surface area (Å²) in [5.41, 5.74) is 0. The molecule has 1 saturated carbocycles. The average molecular weight is 226 g/mol. The molecule has 2 nitrogen and oxygen atoms in total. The van der Waals surface area contributed by atoms with Crippen LogP contribution in [0.1, 0.15) is 46.5 Å². The van der Waals surface area contributed by atoms with Gasteiger partial charge in [-0.15, -0.1) is 0 Å². The van der Waals surface area contributed by atoms with Gasteiger partial charge in [0.25, 0.3) is 0 Å². The third kappa shape index (κ3) is 4.84. The zero-order valence-electron chi connectivity index (χ0n) is 11.6. The fourth-order valence-electron chi connectivity index (χ4n) is 2.36. The van der Waals surface area contributed by atoms with Crippen LogP contribution in [0.15, 0.2) is 0 Å². The lowest BCUT2D eigenvalue weighted by molar-refractivity contribution is 0.209. The summed E-state index contributed by atoms with van der Waals surface area (Å²) < 4.78 is 0. The van der Waals surface area contributed by atoms with E-state index >= 15 is 0 Å². The second kappa shape index (κ2) is 7.29. The summed E-state index contributed by atoms with van der Waals surface area (Å²) in [6.45, 7) is 10.8. The molecular weight excluding hydrogens is 196 g/mol. The van der Waals surface area contributed by atoms with Crippen LogP contribution in [-0.2, 0) is 0 Å². The molecule has 1 N–H and O–H groups in total. The molecule has 1 rings (SSSR count). The highest BCUT2D eigenvalue weighted by molar-refractivity contribution is 4.81. The van der Waals surface area contributed by atoms with Gasteiger partial charge >= 0.3 is 0 Å². The van der Waals surface area contributed by atoms with Gasteiger partial charge in [-0.3, -0.25) is 0 Å². The molecule has 0 aromatic heterocycles. The molecule has 2 atom stereocenters. The van der Waals surface area contributed by atoms with E-state index in [4.69, 9.17) is 0 Å². The van der Waals surface area contributed by atoms with Crippen molar-refractivity contribution in [2.75, 3.05) is 26.7 Å². The minimum atomic E-state index is 0.662. The van der Waals surface area contributed by atoms with Crippen LogP contribution in [0.5, 0.6) is 0 Å². The van der Waals surface area contributed by atoms with Gasteiger partial charge in [0.15, 0.2) is 0 Å². The number of hydrogen-bond acceptors (Lipinski definition) is 2. The van der Waals surface area contributed by atoms with Crippen LogP contribution in [-0.4, -0.2) is 37.6 Å². The summed E-state index contributed by atoms with van der Waals surface area (Å²) in [6.07, 6.45) is 5.49. The number of likely N-dealkylation sites (N-methyl/N-ethyl adjacent to an activating group) is 1. The van der Waals surface area contributed by atoms with Gasteiger partial charge in [0.1, 0.15) is 0 Å². The van der Waals surface area contributed by atoms with Gasteiger partial charge in [0, 0.05) is 19.1 Å². The molecule has 0 heterocycles. The van der Waals surface area contributed by atoms with E-state index in [0.717, 1.165) is 11.8 Å². The average Bonchev–Trinajstić information content (AvgIpc) is 3.08. The van der Waals surface area contributed by atoms with E-state index in [2.05, 4.69) is 38.0 Å². The minimum absolute atomic E-state index is 0.662. The SMILES string of the molecule is CCCN(CC1CC1)CC(NC)C(C)CC. The van der Waals surface area contributed by atoms with Crippen molar-refractivity contribution in [2.24, 2.45) is 11.8 Å². The first-order valence-electron chi connectivity index (χ1n) is 7.10. The molecule has 2 heteroatoms. The second-order valence-electron chi connectivity index (χ2n) is 5.48. The van der Waals surface area contributed by atoms with E-state index in [9.17, 15) is 0 Å². The molecule has 0 spiro atoms. The Bertz CT molecular complexity index is 178. The van der Waals surface area contributed by atoms with Crippen LogP contribution >= 0.6 is 0 Å². The van der Waals surface area contributed by atoms with E-state index in [1.54, 1.807) is 0 Å². The van der Waals surface area contributed by atoms with Gasteiger partial charge in [-0.1, -0.05) is 27.2 Å². The summed E-state index contributed by atoms with van der Waals surface area (Å²) in [5.74, 6) is 1.80. The van der Waals surface area contributed by atoms with Crippen LogP contribution in [0.4, 0.5) is 0 Å². The van der Waals surface area contributed by atoms with E-state index in [1.165, 1.54) is 45.3 Å². The molecule has 1 aliphatic rings. The lowest BCUT2D eigenvalue weighted by Crippen LogP contribution is -2.44. The molecule has 0 aromatic rings. The Kier molecular flexibility index (Phi) is 6.37. The van der Waals surface area contributed by atoms with Crippen molar-refractivity contribution in [1.29, 1.82) is 0 Å². The number of hydrogen-bond donors (Lipinski definition) is 1. The quantitative estimate of drug-likeness (QED) is 0.650. The predicted octanol–water partition coefficient (Wildman–Crippen LogP) is 2.74. The Labute approximate surface area is 102 Å². The highest BCUT2D eigenvalue weighted by atomic mass is 15.1. The summed E-state index contributed by atoms with van der Waals surface area (Å²) in [5, 5.41) is 3.49. The highest BCUT2D eigenvalue weighted by Crippen LogP contribution is 2.30. The molecule has 0 saturated heterocycles. The second-order valence-corrected chi connectivity index (χ2v) is 5.48.